The van der Waals surface area contributed by atoms with Gasteiger partial charge in [0.25, 0.3) is 0 Å². The summed E-state index contributed by atoms with van der Waals surface area (Å²) in [5.74, 6) is -1.32. The summed E-state index contributed by atoms with van der Waals surface area (Å²) in [7, 11) is -16.4. The van der Waals surface area contributed by atoms with Crippen LogP contribution in [0.4, 0.5) is 5.82 Å². The van der Waals surface area contributed by atoms with E-state index < -0.39 is 84.1 Å². The lowest BCUT2D eigenvalue weighted by molar-refractivity contribution is -0.137. The number of fused-ring (bicyclic) bond motifs is 1. The average Bonchev–Trinajstić information content (AvgIpc) is 3.66. The first kappa shape index (κ1) is 45.9. The number of hydrogen-bond donors (Lipinski definition) is 9. The Hall–Kier alpha value is -2.79. The number of phosphoric ester groups is 3. The van der Waals surface area contributed by atoms with E-state index >= 15 is 0 Å². The van der Waals surface area contributed by atoms with Crippen LogP contribution >= 0.6 is 23.5 Å². The Morgan fingerprint density at radius 3 is 2.32 bits per heavy atom. The van der Waals surface area contributed by atoms with Gasteiger partial charge in [-0.1, -0.05) is 33.1 Å². The van der Waals surface area contributed by atoms with Gasteiger partial charge in [0.2, 0.25) is 11.8 Å². The summed E-state index contributed by atoms with van der Waals surface area (Å²) < 4.78 is 62.7. The second-order valence-corrected chi connectivity index (χ2v) is 18.4. The lowest BCUT2D eigenvalue weighted by Gasteiger charge is -2.30. The first-order valence-corrected chi connectivity index (χ1v) is 21.9. The van der Waals surface area contributed by atoms with Crippen LogP contribution in [0.15, 0.2) is 12.7 Å². The van der Waals surface area contributed by atoms with E-state index in [0.717, 1.165) is 49.3 Å². The number of carbonyl (C=O) groups is 3. The minimum atomic E-state index is -5.59. The van der Waals surface area contributed by atoms with Crippen molar-refractivity contribution < 1.29 is 80.5 Å². The van der Waals surface area contributed by atoms with E-state index in [1.54, 1.807) is 0 Å². The fraction of sp³-hybridized carbons (Fsp3) is 0.724. The number of amides is 2. The van der Waals surface area contributed by atoms with Crippen molar-refractivity contribution in [3.63, 3.8) is 0 Å². The molecule has 1 saturated heterocycles. The molecule has 1 aliphatic heterocycles. The zero-order chi connectivity index (χ0) is 41.7. The highest BCUT2D eigenvalue weighted by Crippen LogP contribution is 2.61. The Morgan fingerprint density at radius 1 is 1.02 bits per heavy atom. The van der Waals surface area contributed by atoms with Crippen LogP contribution in [0.2, 0.25) is 0 Å². The normalized spacial score (nSPS) is 25.0. The van der Waals surface area contributed by atoms with Gasteiger partial charge in [-0.25, -0.2) is 28.6 Å². The van der Waals surface area contributed by atoms with Gasteiger partial charge in [0, 0.05) is 37.3 Å². The molecule has 2 amide bonds. The number of carbonyl (C=O) groups excluding carboxylic acids is 3. The first-order chi connectivity index (χ1) is 25.9. The highest BCUT2D eigenvalue weighted by molar-refractivity contribution is 7.61. The highest BCUT2D eigenvalue weighted by atomic mass is 31.3. The van der Waals surface area contributed by atoms with E-state index in [-0.39, 0.29) is 54.6 Å². The summed E-state index contributed by atoms with van der Waals surface area (Å²) in [6, 6.07) is 0. The monoisotopic (exact) mass is 859 g/mol. The Morgan fingerprint density at radius 2 is 1.66 bits per heavy atom. The van der Waals surface area contributed by atoms with Crippen molar-refractivity contribution >= 4 is 58.0 Å². The number of aliphatic hydroxyl groups is 2. The number of phosphoric acid groups is 3. The minimum absolute atomic E-state index is 0.0214. The van der Waals surface area contributed by atoms with E-state index in [2.05, 4.69) is 29.9 Å². The molecule has 10 N–H and O–H groups in total. The number of hydrogen-bond acceptors (Lipinski definition) is 17. The molecule has 7 unspecified atom stereocenters. The number of nitrogens with one attached hydrogen (secondary N) is 2. The summed E-state index contributed by atoms with van der Waals surface area (Å²) in [6.45, 7) is 1.70. The van der Waals surface area contributed by atoms with Gasteiger partial charge >= 0.3 is 23.5 Å². The third-order valence-electron chi connectivity index (χ3n) is 9.32. The topological polar surface area (TPSA) is 364 Å². The van der Waals surface area contributed by atoms with Gasteiger partial charge < -0.3 is 50.9 Å². The highest BCUT2D eigenvalue weighted by Gasteiger charge is 2.57. The first-order valence-electron chi connectivity index (χ1n) is 17.4. The molecule has 0 spiro atoms. The van der Waals surface area contributed by atoms with Gasteiger partial charge in [-0.15, -0.1) is 0 Å². The van der Waals surface area contributed by atoms with Gasteiger partial charge in [0.1, 0.15) is 42.0 Å². The van der Waals surface area contributed by atoms with Crippen LogP contribution in [-0.4, -0.2) is 118 Å². The van der Waals surface area contributed by atoms with Crippen LogP contribution < -0.4 is 16.4 Å². The lowest BCUT2D eigenvalue weighted by atomic mass is 9.85. The fourth-order valence-corrected chi connectivity index (χ4v) is 9.03. The number of nitrogens with two attached hydrogens (primary N) is 1. The molecule has 2 aromatic rings. The van der Waals surface area contributed by atoms with E-state index in [0.29, 0.717) is 0 Å². The zero-order valence-electron chi connectivity index (χ0n) is 30.7. The largest absolute Gasteiger partial charge is 0.481 e. The zero-order valence-corrected chi connectivity index (χ0v) is 33.4. The number of nitrogen functional groups attached to an aromatic ring is 1. The summed E-state index contributed by atoms with van der Waals surface area (Å²) in [6.07, 6.45) is -0.416. The molecule has 0 radical (unpaired) electrons. The molecule has 316 valence electrons. The molecular weight excluding hydrogens is 811 g/mol. The average molecular weight is 860 g/mol. The van der Waals surface area contributed by atoms with Gasteiger partial charge in [-0.05, 0) is 19.8 Å². The van der Waals surface area contributed by atoms with Crippen LogP contribution in [0.5, 0.6) is 0 Å². The van der Waals surface area contributed by atoms with Crippen molar-refractivity contribution in [1.82, 2.24) is 30.2 Å². The number of Topliss-reactive ketones (excluding diaryl/α,β-unsaturated/α-hetero) is 1. The number of nitrogens with zero attached hydrogens (tertiary/aromatic N) is 4. The predicted octanol–water partition coefficient (Wildman–Crippen LogP) is 0.119. The molecule has 2 fully saturated rings. The number of imidazole rings is 1. The number of ether oxygens (including phenoxy) is 1. The van der Waals surface area contributed by atoms with E-state index in [1.807, 2.05) is 0 Å². The van der Waals surface area contributed by atoms with Crippen molar-refractivity contribution in [2.24, 2.45) is 11.3 Å². The fourth-order valence-electron chi connectivity index (χ4n) is 6.21. The summed E-state index contributed by atoms with van der Waals surface area (Å²) >= 11 is 0. The molecule has 3 heterocycles. The maximum absolute atomic E-state index is 12.8. The van der Waals surface area contributed by atoms with Crippen molar-refractivity contribution in [2.75, 3.05) is 32.0 Å². The third-order valence-corrected chi connectivity index (χ3v) is 12.4. The molecule has 24 nitrogen and oxygen atoms in total. The second-order valence-electron chi connectivity index (χ2n) is 14.2. The van der Waals surface area contributed by atoms with Crippen LogP contribution in [0.1, 0.15) is 65.7 Å². The van der Waals surface area contributed by atoms with Gasteiger partial charge in [0.05, 0.1) is 19.5 Å². The summed E-state index contributed by atoms with van der Waals surface area (Å²) in [4.78, 5) is 88.4. The molecule has 27 heteroatoms. The minimum Gasteiger partial charge on any atom is -0.385 e. The van der Waals surface area contributed by atoms with Gasteiger partial charge in [-0.3, -0.25) is 32.5 Å². The van der Waals surface area contributed by atoms with Crippen molar-refractivity contribution in [1.29, 1.82) is 0 Å². The number of anilines is 1. The quantitative estimate of drug-likeness (QED) is 0.0798. The molecule has 0 aromatic carbocycles. The SMILES string of the molecule is CC(C)(COP(=O)(O)OP(=O)(O)OCC1OC(C)(n2cnc3c(N)ncnc32)C(O)C1OP(=O)(O)O)C(O)C(=O)NCCC(=O)NCCC(=O)C1CCCCC1. The molecule has 0 bridgehead atoms. The van der Waals surface area contributed by atoms with Gasteiger partial charge in [0.15, 0.2) is 17.2 Å². The predicted molar refractivity (Wildman–Crippen MR) is 190 cm³/mol. The molecule has 2 aliphatic rings. The second kappa shape index (κ2) is 18.4. The Bertz CT molecular complexity index is 1870. The molecule has 7 atom stereocenters. The number of ketones is 1. The van der Waals surface area contributed by atoms with Crippen molar-refractivity contribution in [3.05, 3.63) is 12.7 Å². The van der Waals surface area contributed by atoms with Crippen LogP contribution in [-0.2, 0) is 56.4 Å². The van der Waals surface area contributed by atoms with Crippen LogP contribution in [0.3, 0.4) is 0 Å². The van der Waals surface area contributed by atoms with Crippen LogP contribution in [0.25, 0.3) is 11.2 Å². The Kier molecular flexibility index (Phi) is 15.1. The van der Waals surface area contributed by atoms with E-state index in [9.17, 15) is 57.9 Å². The lowest BCUT2D eigenvalue weighted by Crippen LogP contribution is -2.46. The van der Waals surface area contributed by atoms with E-state index in [1.165, 1.54) is 20.8 Å². The smallest absolute Gasteiger partial charge is 0.385 e. The Balaban J connectivity index is 1.27. The van der Waals surface area contributed by atoms with Crippen molar-refractivity contribution in [3.8, 4) is 0 Å². The molecular formula is C29H48N7O17P3. The molecule has 56 heavy (non-hydrogen) atoms. The standard InChI is InChI=1S/C29H48N7O17P3/c1-28(2,24(40)27(41)32-12-10-20(38)31-11-9-18(37)17-7-5-4-6-8-17)14-50-56(47,48)53-55(45,46)49-13-19-22(52-54(42,43)44)23(39)29(3,51-19)36-16-35-21-25(30)33-15-34-26(21)36/h15-17,19,22-24,39-40H,4-14H2,1-3H3,(H,31,38)(H,32,41)(H,45,46)(H,47,48)(H2,30,33,34)(H2,42,43,44). The maximum atomic E-state index is 12.8. The van der Waals surface area contributed by atoms with Crippen molar-refractivity contribution in [2.45, 2.75) is 95.9 Å². The number of aromatic nitrogens is 4. The number of aliphatic hydroxyl groups excluding tert-OH is 2. The Labute approximate surface area is 320 Å². The van der Waals surface area contributed by atoms with Crippen LogP contribution in [0, 0.1) is 11.3 Å². The third kappa shape index (κ3) is 12.1. The number of rotatable bonds is 20. The molecule has 1 saturated carbocycles. The van der Waals surface area contributed by atoms with E-state index in [4.69, 9.17) is 24.0 Å². The molecule has 1 aliphatic carbocycles. The van der Waals surface area contributed by atoms with Gasteiger partial charge in [-0.2, -0.15) is 4.31 Å². The summed E-state index contributed by atoms with van der Waals surface area (Å²) in [5, 5.41) is 26.7. The molecule has 4 rings (SSSR count). The molecule has 2 aromatic heterocycles. The maximum Gasteiger partial charge on any atom is 0.481 e. The summed E-state index contributed by atoms with van der Waals surface area (Å²) in [5.41, 5.74) is 2.32.